The lowest BCUT2D eigenvalue weighted by atomic mass is 9.97. The molecule has 0 radical (unpaired) electrons. The second kappa shape index (κ2) is 8.68. The minimum atomic E-state index is -3.68. The van der Waals surface area contributed by atoms with Gasteiger partial charge in [0.05, 0.1) is 4.90 Å². The third kappa shape index (κ3) is 4.57. The molecule has 0 spiro atoms. The van der Waals surface area contributed by atoms with Gasteiger partial charge in [-0.15, -0.1) is 0 Å². The Balaban J connectivity index is 1.37. The number of benzene rings is 2. The van der Waals surface area contributed by atoms with E-state index in [1.165, 1.54) is 23.4 Å². The fraction of sp³-hybridized carbons (Fsp3) is 0.364. The number of sulfonamides is 1. The van der Waals surface area contributed by atoms with E-state index in [0.717, 1.165) is 0 Å². The summed E-state index contributed by atoms with van der Waals surface area (Å²) in [5, 5.41) is 2.85. The average Bonchev–Trinajstić information content (AvgIpc) is 2.79. The smallest absolute Gasteiger partial charge is 0.243 e. The van der Waals surface area contributed by atoms with Crippen LogP contribution in [-0.4, -0.2) is 50.7 Å². The van der Waals surface area contributed by atoms with E-state index in [9.17, 15) is 18.0 Å². The molecular formula is C22H24N2O6S. The maximum atomic E-state index is 13.0. The molecule has 0 unspecified atom stereocenters. The molecule has 0 aliphatic carbocycles. The molecular weight excluding hydrogens is 420 g/mol. The molecule has 1 fully saturated rings. The zero-order valence-corrected chi connectivity index (χ0v) is 18.0. The second-order valence-electron chi connectivity index (χ2n) is 7.61. The van der Waals surface area contributed by atoms with Crippen LogP contribution in [0.1, 0.15) is 30.1 Å². The Morgan fingerprint density at radius 2 is 1.61 bits per heavy atom. The second-order valence-corrected chi connectivity index (χ2v) is 9.54. The van der Waals surface area contributed by atoms with Crippen LogP contribution in [0.3, 0.4) is 0 Å². The van der Waals surface area contributed by atoms with E-state index >= 15 is 0 Å². The molecule has 4 rings (SSSR count). The van der Waals surface area contributed by atoms with E-state index in [1.54, 1.807) is 30.3 Å². The molecule has 164 valence electrons. The number of rotatable bonds is 5. The highest BCUT2D eigenvalue weighted by molar-refractivity contribution is 7.89. The standard InChI is InChI=1S/C22H24N2O6S/c1-15(25)16-2-4-18(5-3-16)23-22(26)17-8-10-24(11-9-17)31(27,28)19-6-7-20-21(14-19)30-13-12-29-20/h2-7,14,17H,8-13H2,1H3,(H,23,26). The van der Waals surface area contributed by atoms with Gasteiger partial charge < -0.3 is 14.8 Å². The number of piperidine rings is 1. The van der Waals surface area contributed by atoms with Gasteiger partial charge in [-0.1, -0.05) is 0 Å². The maximum absolute atomic E-state index is 13.0. The fourth-order valence-corrected chi connectivity index (χ4v) is 5.21. The lowest BCUT2D eigenvalue weighted by molar-refractivity contribution is -0.120. The van der Waals surface area contributed by atoms with Gasteiger partial charge in [0.2, 0.25) is 15.9 Å². The van der Waals surface area contributed by atoms with Crippen molar-refractivity contribution >= 4 is 27.4 Å². The molecule has 31 heavy (non-hydrogen) atoms. The van der Waals surface area contributed by atoms with Gasteiger partial charge in [0.15, 0.2) is 17.3 Å². The van der Waals surface area contributed by atoms with Crippen LogP contribution in [0.2, 0.25) is 0 Å². The highest BCUT2D eigenvalue weighted by Crippen LogP contribution is 2.34. The Bertz CT molecular complexity index is 1090. The van der Waals surface area contributed by atoms with Crippen LogP contribution >= 0.6 is 0 Å². The Morgan fingerprint density at radius 1 is 0.968 bits per heavy atom. The first-order valence-electron chi connectivity index (χ1n) is 10.2. The summed E-state index contributed by atoms with van der Waals surface area (Å²) >= 11 is 0. The van der Waals surface area contributed by atoms with Crippen molar-refractivity contribution in [2.75, 3.05) is 31.6 Å². The van der Waals surface area contributed by atoms with E-state index in [-0.39, 0.29) is 35.6 Å². The minimum Gasteiger partial charge on any atom is -0.486 e. The summed E-state index contributed by atoms with van der Waals surface area (Å²) in [5.41, 5.74) is 1.19. The van der Waals surface area contributed by atoms with Crippen molar-refractivity contribution in [1.29, 1.82) is 0 Å². The largest absolute Gasteiger partial charge is 0.486 e. The highest BCUT2D eigenvalue weighted by atomic mass is 32.2. The number of hydrogen-bond acceptors (Lipinski definition) is 6. The van der Waals surface area contributed by atoms with Crippen molar-refractivity contribution in [3.63, 3.8) is 0 Å². The monoisotopic (exact) mass is 444 g/mol. The topological polar surface area (TPSA) is 102 Å². The first-order valence-corrected chi connectivity index (χ1v) is 11.6. The molecule has 0 atom stereocenters. The number of carbonyl (C=O) groups excluding carboxylic acids is 2. The number of nitrogens with one attached hydrogen (secondary N) is 1. The van der Waals surface area contributed by atoms with Crippen molar-refractivity contribution in [1.82, 2.24) is 4.31 Å². The lowest BCUT2D eigenvalue weighted by Gasteiger charge is -2.30. The van der Waals surface area contributed by atoms with Crippen LogP contribution in [0.15, 0.2) is 47.4 Å². The molecule has 2 aliphatic rings. The Kier molecular flexibility index (Phi) is 5.97. The van der Waals surface area contributed by atoms with Gasteiger partial charge in [-0.2, -0.15) is 4.31 Å². The summed E-state index contributed by atoms with van der Waals surface area (Å²) in [6.45, 7) is 2.83. The maximum Gasteiger partial charge on any atom is 0.243 e. The summed E-state index contributed by atoms with van der Waals surface area (Å²) in [6.07, 6.45) is 0.863. The van der Waals surface area contributed by atoms with E-state index < -0.39 is 10.0 Å². The molecule has 2 aromatic rings. The van der Waals surface area contributed by atoms with Gasteiger partial charge in [0, 0.05) is 36.3 Å². The summed E-state index contributed by atoms with van der Waals surface area (Å²) in [4.78, 5) is 24.1. The number of nitrogens with zero attached hydrogens (tertiary/aromatic N) is 1. The number of ketones is 1. The summed E-state index contributed by atoms with van der Waals surface area (Å²) in [5.74, 6) is 0.505. The van der Waals surface area contributed by atoms with Crippen LogP contribution < -0.4 is 14.8 Å². The first kappa shape index (κ1) is 21.3. The normalized spacial score (nSPS) is 17.2. The predicted octanol–water partition coefficient (Wildman–Crippen LogP) is 2.70. The van der Waals surface area contributed by atoms with Crippen molar-refractivity contribution in [2.45, 2.75) is 24.7 Å². The van der Waals surface area contributed by atoms with Gasteiger partial charge in [-0.25, -0.2) is 8.42 Å². The molecule has 0 saturated carbocycles. The first-order chi connectivity index (χ1) is 14.8. The van der Waals surface area contributed by atoms with Crippen molar-refractivity contribution < 1.29 is 27.5 Å². The van der Waals surface area contributed by atoms with Crippen LogP contribution in [0.4, 0.5) is 5.69 Å². The number of fused-ring (bicyclic) bond motifs is 1. The van der Waals surface area contributed by atoms with Gasteiger partial charge in [0.25, 0.3) is 0 Å². The quantitative estimate of drug-likeness (QED) is 0.712. The molecule has 1 saturated heterocycles. The number of hydrogen-bond donors (Lipinski definition) is 1. The van der Waals surface area contributed by atoms with Gasteiger partial charge in [0.1, 0.15) is 13.2 Å². The van der Waals surface area contributed by atoms with Crippen molar-refractivity contribution in [2.24, 2.45) is 5.92 Å². The zero-order valence-electron chi connectivity index (χ0n) is 17.2. The summed E-state index contributed by atoms with van der Waals surface area (Å²) in [6, 6.07) is 11.3. The highest BCUT2D eigenvalue weighted by Gasteiger charge is 2.33. The lowest BCUT2D eigenvalue weighted by Crippen LogP contribution is -2.41. The number of Topliss-reactive ketones (excluding diaryl/α,β-unsaturated/α-hetero) is 1. The molecule has 8 nitrogen and oxygen atoms in total. The SMILES string of the molecule is CC(=O)c1ccc(NC(=O)C2CCN(S(=O)(=O)c3ccc4c(c3)OCCO4)CC2)cc1. The number of carbonyl (C=O) groups is 2. The van der Waals surface area contributed by atoms with Crippen LogP contribution in [-0.2, 0) is 14.8 Å². The Hall–Kier alpha value is -2.91. The van der Waals surface area contributed by atoms with Crippen LogP contribution in [0, 0.1) is 5.92 Å². The van der Waals surface area contributed by atoms with Gasteiger partial charge in [-0.05, 0) is 56.2 Å². The van der Waals surface area contributed by atoms with E-state index in [1.807, 2.05) is 0 Å². The van der Waals surface area contributed by atoms with E-state index in [2.05, 4.69) is 5.32 Å². The third-order valence-corrected chi connectivity index (χ3v) is 7.43. The molecule has 0 aromatic heterocycles. The molecule has 0 bridgehead atoms. The third-order valence-electron chi connectivity index (χ3n) is 5.54. The van der Waals surface area contributed by atoms with Gasteiger partial charge in [-0.3, -0.25) is 9.59 Å². The van der Waals surface area contributed by atoms with Gasteiger partial charge >= 0.3 is 0 Å². The van der Waals surface area contributed by atoms with Crippen LogP contribution in [0.5, 0.6) is 11.5 Å². The van der Waals surface area contributed by atoms with E-state index in [4.69, 9.17) is 9.47 Å². The average molecular weight is 445 g/mol. The van der Waals surface area contributed by atoms with Crippen LogP contribution in [0.25, 0.3) is 0 Å². The predicted molar refractivity (Wildman–Crippen MR) is 114 cm³/mol. The molecule has 2 heterocycles. The molecule has 1 amide bonds. The molecule has 2 aliphatic heterocycles. The Labute approximate surface area is 181 Å². The molecule has 2 aromatic carbocycles. The molecule has 1 N–H and O–H groups in total. The minimum absolute atomic E-state index is 0.0375. The zero-order chi connectivity index (χ0) is 22.0. The molecule has 9 heteroatoms. The number of amides is 1. The van der Waals surface area contributed by atoms with E-state index in [0.29, 0.717) is 48.8 Å². The van der Waals surface area contributed by atoms with Crippen molar-refractivity contribution in [3.8, 4) is 11.5 Å². The summed E-state index contributed by atoms with van der Waals surface area (Å²) < 4.78 is 38.4. The fourth-order valence-electron chi connectivity index (χ4n) is 3.72. The summed E-state index contributed by atoms with van der Waals surface area (Å²) in [7, 11) is -3.68. The number of anilines is 1. The number of ether oxygens (including phenoxy) is 2. The van der Waals surface area contributed by atoms with Crippen molar-refractivity contribution in [3.05, 3.63) is 48.0 Å². The Morgan fingerprint density at radius 3 is 2.26 bits per heavy atom.